The van der Waals surface area contributed by atoms with Gasteiger partial charge < -0.3 is 14.0 Å². The fraction of sp³-hybridized carbons (Fsp3) is 0.375. The van der Waals surface area contributed by atoms with Crippen LogP contribution in [0.4, 0.5) is 4.53 Å². The van der Waals surface area contributed by atoms with Crippen molar-refractivity contribution >= 4 is 32.0 Å². The number of phosphoric acid groups is 1. The number of hydrogen-bond acceptors (Lipinski definition) is 11. The minimum absolute atomic E-state index is 0.0924. The Bertz CT molecular complexity index is 815. The lowest BCUT2D eigenvalue weighted by atomic mass is 10.1. The third-order valence-corrected chi connectivity index (χ3v) is 4.80. The molecule has 0 unspecified atom stereocenters. The highest BCUT2D eigenvalue weighted by Crippen LogP contribution is 2.52. The van der Waals surface area contributed by atoms with Gasteiger partial charge in [0, 0.05) is 10.1 Å². The first-order chi connectivity index (χ1) is 13.9. The third-order valence-electron chi connectivity index (χ3n) is 3.39. The minimum Gasteiger partial charge on any atom is -0.428 e. The summed E-state index contributed by atoms with van der Waals surface area (Å²) in [6, 6.07) is 3.62. The molecule has 0 radical (unpaired) electrons. The number of carbonyl (C=O) groups excluding carboxylic acids is 4. The van der Waals surface area contributed by atoms with Crippen LogP contribution in [-0.4, -0.2) is 44.2 Å². The van der Waals surface area contributed by atoms with Crippen LogP contribution < -0.4 is 4.52 Å². The van der Waals surface area contributed by atoms with Gasteiger partial charge >= 0.3 is 25.7 Å². The average molecular weight is 434 g/mol. The van der Waals surface area contributed by atoms with Crippen LogP contribution in [0, 0.1) is 0 Å². The maximum Gasteiger partial charge on any atom is 0.530 e. The van der Waals surface area contributed by atoms with Crippen LogP contribution in [0.1, 0.15) is 40.0 Å². The first-order valence-electron chi connectivity index (χ1n) is 8.19. The molecule has 1 saturated heterocycles. The van der Waals surface area contributed by atoms with Gasteiger partial charge in [0.25, 0.3) is 0 Å². The van der Waals surface area contributed by atoms with Gasteiger partial charge in [0.1, 0.15) is 17.6 Å². The molecule has 0 saturated carbocycles. The first-order valence-corrected chi connectivity index (χ1v) is 9.65. The largest absolute Gasteiger partial charge is 0.530 e. The summed E-state index contributed by atoms with van der Waals surface area (Å²) >= 11 is 0. The fourth-order valence-electron chi connectivity index (χ4n) is 2.02. The Morgan fingerprint density at radius 3 is 2.45 bits per heavy atom. The predicted octanol–water partition coefficient (Wildman–Crippen LogP) is 2.29. The second-order valence-electron chi connectivity index (χ2n) is 5.45. The Kier molecular flexibility index (Phi) is 8.25. The maximum atomic E-state index is 12.4. The molecule has 29 heavy (non-hydrogen) atoms. The van der Waals surface area contributed by atoms with E-state index in [1.807, 2.05) is 0 Å². The quantitative estimate of drug-likeness (QED) is 0.245. The Morgan fingerprint density at radius 2 is 1.79 bits per heavy atom. The van der Waals surface area contributed by atoms with Gasteiger partial charge in [-0.1, -0.05) is 0 Å². The molecular formula is C16H16FO11P. The summed E-state index contributed by atoms with van der Waals surface area (Å²) in [5.41, 5.74) is -0.200. The molecule has 158 valence electrons. The standard InChI is InChI=1S/C16H16FO11P/c17-27-15(20)5-4-14(19)23-10-24-16(21)12-8-11(9-18)2-3-13(12)28-29(22)25-6-1-7-26-29/h2-3,8-9H,1,4-7,10H2. The van der Waals surface area contributed by atoms with Crippen molar-refractivity contribution in [3.63, 3.8) is 0 Å². The van der Waals surface area contributed by atoms with E-state index in [-0.39, 0.29) is 30.1 Å². The molecular weight excluding hydrogens is 418 g/mol. The van der Waals surface area contributed by atoms with Gasteiger partial charge in [-0.3, -0.25) is 23.6 Å². The van der Waals surface area contributed by atoms with E-state index in [0.717, 1.165) is 6.07 Å². The first kappa shape index (κ1) is 22.5. The van der Waals surface area contributed by atoms with Crippen LogP contribution in [0.25, 0.3) is 0 Å². The number of carbonyl (C=O) groups is 4. The zero-order chi connectivity index (χ0) is 21.3. The van der Waals surface area contributed by atoms with Gasteiger partial charge in [0.05, 0.1) is 26.1 Å². The van der Waals surface area contributed by atoms with E-state index in [0.29, 0.717) is 12.7 Å². The van der Waals surface area contributed by atoms with Crippen LogP contribution in [-0.2, 0) is 37.6 Å². The van der Waals surface area contributed by atoms with E-state index >= 15 is 0 Å². The predicted molar refractivity (Wildman–Crippen MR) is 89.4 cm³/mol. The molecule has 0 N–H and O–H groups in total. The van der Waals surface area contributed by atoms with Crippen LogP contribution >= 0.6 is 7.82 Å². The summed E-state index contributed by atoms with van der Waals surface area (Å²) < 4.78 is 48.4. The van der Waals surface area contributed by atoms with Gasteiger partial charge in [-0.05, 0) is 24.6 Å². The smallest absolute Gasteiger partial charge is 0.428 e. The normalized spacial score (nSPS) is 15.1. The summed E-state index contributed by atoms with van der Waals surface area (Å²) in [5, 5.41) is 0. The SMILES string of the molecule is O=Cc1ccc(OP2(=O)OCCCO2)c(C(=O)OCOC(=O)CCC(=O)OF)c1. The number of esters is 2. The van der Waals surface area contributed by atoms with Crippen molar-refractivity contribution in [2.45, 2.75) is 19.3 Å². The van der Waals surface area contributed by atoms with Crippen LogP contribution in [0.5, 0.6) is 5.75 Å². The summed E-state index contributed by atoms with van der Waals surface area (Å²) in [6.07, 6.45) is -0.0773. The Hall–Kier alpha value is -2.82. The zero-order valence-corrected chi connectivity index (χ0v) is 15.8. The molecule has 11 nitrogen and oxygen atoms in total. The molecule has 1 aliphatic heterocycles. The van der Waals surface area contributed by atoms with E-state index in [2.05, 4.69) is 9.68 Å². The summed E-state index contributed by atoms with van der Waals surface area (Å²) in [7, 11) is -3.94. The molecule has 13 heteroatoms. The number of ether oxygens (including phenoxy) is 2. The van der Waals surface area contributed by atoms with Crippen molar-refractivity contribution in [1.82, 2.24) is 0 Å². The monoisotopic (exact) mass is 434 g/mol. The van der Waals surface area contributed by atoms with Gasteiger partial charge in [-0.2, -0.15) is 0 Å². The third kappa shape index (κ3) is 6.93. The molecule has 1 aromatic rings. The van der Waals surface area contributed by atoms with E-state index in [4.69, 9.17) is 18.3 Å². The highest BCUT2D eigenvalue weighted by molar-refractivity contribution is 7.49. The van der Waals surface area contributed by atoms with Crippen molar-refractivity contribution in [1.29, 1.82) is 0 Å². The topological polar surface area (TPSA) is 141 Å². The summed E-state index contributed by atoms with van der Waals surface area (Å²) in [5.74, 6) is -3.51. The van der Waals surface area contributed by atoms with E-state index < -0.39 is 45.4 Å². The Labute approximate surface area is 163 Å². The summed E-state index contributed by atoms with van der Waals surface area (Å²) in [4.78, 5) is 48.1. The second-order valence-corrected chi connectivity index (χ2v) is 7.04. The molecule has 1 fully saturated rings. The van der Waals surface area contributed by atoms with Crippen molar-refractivity contribution in [2.75, 3.05) is 20.0 Å². The average Bonchev–Trinajstić information content (AvgIpc) is 2.72. The van der Waals surface area contributed by atoms with E-state index in [1.165, 1.54) is 12.1 Å². The number of benzene rings is 1. The number of rotatable bonds is 9. The fourth-order valence-corrected chi connectivity index (χ4v) is 3.31. The second kappa shape index (κ2) is 10.6. The highest BCUT2D eigenvalue weighted by Gasteiger charge is 2.33. The number of phosphoric ester groups is 1. The van der Waals surface area contributed by atoms with Gasteiger partial charge in [-0.25, -0.2) is 14.2 Å². The Balaban J connectivity index is 2.00. The molecule has 1 heterocycles. The Morgan fingerprint density at radius 1 is 1.10 bits per heavy atom. The molecule has 2 rings (SSSR count). The molecule has 0 aliphatic carbocycles. The van der Waals surface area contributed by atoms with Crippen LogP contribution in [0.3, 0.4) is 0 Å². The van der Waals surface area contributed by atoms with Gasteiger partial charge in [-0.15, -0.1) is 0 Å². The number of hydrogen-bond donors (Lipinski definition) is 0. The van der Waals surface area contributed by atoms with Crippen molar-refractivity contribution in [2.24, 2.45) is 0 Å². The maximum absolute atomic E-state index is 12.4. The van der Waals surface area contributed by atoms with Crippen molar-refractivity contribution < 1.29 is 56.3 Å². The van der Waals surface area contributed by atoms with Gasteiger partial charge in [0.15, 0.2) is 0 Å². The summed E-state index contributed by atoms with van der Waals surface area (Å²) in [6.45, 7) is -0.567. The van der Waals surface area contributed by atoms with Crippen LogP contribution in [0.15, 0.2) is 18.2 Å². The lowest BCUT2D eigenvalue weighted by molar-refractivity contribution is -0.185. The molecule has 0 amide bonds. The molecule has 0 aromatic heterocycles. The lowest BCUT2D eigenvalue weighted by Crippen LogP contribution is -2.16. The molecule has 0 spiro atoms. The van der Waals surface area contributed by atoms with Crippen LogP contribution in [0.2, 0.25) is 0 Å². The van der Waals surface area contributed by atoms with Gasteiger partial charge in [0.2, 0.25) is 6.79 Å². The van der Waals surface area contributed by atoms with Crippen molar-refractivity contribution in [3.8, 4) is 5.75 Å². The lowest BCUT2D eigenvalue weighted by Gasteiger charge is -2.23. The highest BCUT2D eigenvalue weighted by atomic mass is 31.2. The van der Waals surface area contributed by atoms with E-state index in [9.17, 15) is 28.3 Å². The number of halogens is 1. The van der Waals surface area contributed by atoms with E-state index in [1.54, 1.807) is 0 Å². The molecule has 1 aliphatic rings. The molecule has 0 atom stereocenters. The number of aldehydes is 1. The molecule has 1 aromatic carbocycles. The van der Waals surface area contributed by atoms with Crippen molar-refractivity contribution in [3.05, 3.63) is 29.3 Å². The zero-order valence-electron chi connectivity index (χ0n) is 14.9. The minimum atomic E-state index is -3.94. The molecule has 0 bridgehead atoms.